The number of ether oxygens (including phenoxy) is 1. The molecule has 0 spiro atoms. The van der Waals surface area contributed by atoms with Gasteiger partial charge in [0.25, 0.3) is 5.91 Å². The van der Waals surface area contributed by atoms with Gasteiger partial charge in [0.1, 0.15) is 12.4 Å². The van der Waals surface area contributed by atoms with Gasteiger partial charge in [0, 0.05) is 18.3 Å². The molecule has 0 fully saturated rings. The summed E-state index contributed by atoms with van der Waals surface area (Å²) in [5, 5.41) is 11.7. The fraction of sp³-hybridized carbons (Fsp3) is 0.176. The highest BCUT2D eigenvalue weighted by atomic mass is 16.5. The van der Waals surface area contributed by atoms with Crippen LogP contribution in [0, 0.1) is 11.3 Å². The summed E-state index contributed by atoms with van der Waals surface area (Å²) >= 11 is 0. The molecule has 1 N–H and O–H groups in total. The molecule has 3 rings (SSSR count). The van der Waals surface area contributed by atoms with E-state index in [9.17, 15) is 4.79 Å². The molecule has 0 saturated heterocycles. The highest BCUT2D eigenvalue weighted by Crippen LogP contribution is 2.33. The van der Waals surface area contributed by atoms with Crippen molar-refractivity contribution in [1.82, 2.24) is 0 Å². The number of amides is 1. The monoisotopic (exact) mass is 293 g/mol. The zero-order valence-corrected chi connectivity index (χ0v) is 12.2. The maximum absolute atomic E-state index is 12.3. The third-order valence-electron chi connectivity index (χ3n) is 3.57. The number of carbonyl (C=O) groups excluding carboxylic acids is 1. The maximum Gasteiger partial charge on any atom is 0.255 e. The van der Waals surface area contributed by atoms with Crippen LogP contribution in [-0.2, 0) is 0 Å². The van der Waals surface area contributed by atoms with E-state index >= 15 is 0 Å². The van der Waals surface area contributed by atoms with E-state index in [4.69, 9.17) is 10.00 Å². The van der Waals surface area contributed by atoms with Crippen LogP contribution < -0.4 is 15.0 Å². The minimum Gasteiger partial charge on any atom is -0.490 e. The summed E-state index contributed by atoms with van der Waals surface area (Å²) in [7, 11) is 1.99. The molecule has 0 saturated carbocycles. The molecule has 1 aliphatic heterocycles. The summed E-state index contributed by atoms with van der Waals surface area (Å²) in [6.07, 6.45) is 0. The van der Waals surface area contributed by atoms with E-state index in [1.807, 2.05) is 31.3 Å². The highest BCUT2D eigenvalue weighted by Gasteiger charge is 2.16. The SMILES string of the molecule is CN1CCOc2ccc(NC(=O)c3cccc(C#N)c3)cc21. The van der Waals surface area contributed by atoms with Gasteiger partial charge >= 0.3 is 0 Å². The molecule has 2 aromatic rings. The van der Waals surface area contributed by atoms with Crippen molar-refractivity contribution in [2.75, 3.05) is 30.4 Å². The molecule has 0 aromatic heterocycles. The Morgan fingerprint density at radius 2 is 2.18 bits per heavy atom. The average molecular weight is 293 g/mol. The topological polar surface area (TPSA) is 65.4 Å². The summed E-state index contributed by atoms with van der Waals surface area (Å²) in [4.78, 5) is 14.4. The van der Waals surface area contributed by atoms with Gasteiger partial charge in [0.2, 0.25) is 0 Å². The zero-order chi connectivity index (χ0) is 15.5. The van der Waals surface area contributed by atoms with Gasteiger partial charge in [-0.05, 0) is 36.4 Å². The fourth-order valence-corrected chi connectivity index (χ4v) is 2.36. The molecule has 5 nitrogen and oxygen atoms in total. The number of hydrogen-bond donors (Lipinski definition) is 1. The number of nitrogens with one attached hydrogen (secondary N) is 1. The summed E-state index contributed by atoms with van der Waals surface area (Å²) in [6.45, 7) is 1.48. The summed E-state index contributed by atoms with van der Waals surface area (Å²) in [6, 6.07) is 14.2. The van der Waals surface area contributed by atoms with Crippen molar-refractivity contribution in [1.29, 1.82) is 5.26 Å². The Morgan fingerprint density at radius 3 is 3.00 bits per heavy atom. The van der Waals surface area contributed by atoms with Crippen LogP contribution in [0.25, 0.3) is 0 Å². The molecule has 0 bridgehead atoms. The van der Waals surface area contributed by atoms with Gasteiger partial charge in [-0.2, -0.15) is 5.26 Å². The Balaban J connectivity index is 1.82. The predicted molar refractivity (Wildman–Crippen MR) is 84.3 cm³/mol. The van der Waals surface area contributed by atoms with Crippen LogP contribution >= 0.6 is 0 Å². The predicted octanol–water partition coefficient (Wildman–Crippen LogP) is 2.64. The highest BCUT2D eigenvalue weighted by molar-refractivity contribution is 6.04. The quantitative estimate of drug-likeness (QED) is 0.924. The number of rotatable bonds is 2. The normalized spacial score (nSPS) is 12.8. The van der Waals surface area contributed by atoms with Crippen LogP contribution in [0.15, 0.2) is 42.5 Å². The van der Waals surface area contributed by atoms with Crippen molar-refractivity contribution in [3.63, 3.8) is 0 Å². The molecule has 0 unspecified atom stereocenters. The molecule has 2 aromatic carbocycles. The Morgan fingerprint density at radius 1 is 1.32 bits per heavy atom. The second-order valence-corrected chi connectivity index (χ2v) is 5.10. The lowest BCUT2D eigenvalue weighted by Crippen LogP contribution is -2.28. The van der Waals surface area contributed by atoms with Gasteiger partial charge < -0.3 is 15.0 Å². The van der Waals surface area contributed by atoms with E-state index in [1.54, 1.807) is 24.3 Å². The molecule has 1 amide bonds. The molecule has 22 heavy (non-hydrogen) atoms. The number of carbonyl (C=O) groups is 1. The van der Waals surface area contributed by atoms with Crippen LogP contribution in [0.1, 0.15) is 15.9 Å². The van der Waals surface area contributed by atoms with Crippen LogP contribution in [0.3, 0.4) is 0 Å². The van der Waals surface area contributed by atoms with Gasteiger partial charge in [-0.15, -0.1) is 0 Å². The van der Waals surface area contributed by atoms with Crippen molar-refractivity contribution in [2.45, 2.75) is 0 Å². The van der Waals surface area contributed by atoms with E-state index in [-0.39, 0.29) is 5.91 Å². The second-order valence-electron chi connectivity index (χ2n) is 5.10. The number of likely N-dealkylation sites (N-methyl/N-ethyl adjacent to an activating group) is 1. The second kappa shape index (κ2) is 5.78. The van der Waals surface area contributed by atoms with Gasteiger partial charge in [0.15, 0.2) is 0 Å². The Hall–Kier alpha value is -3.00. The van der Waals surface area contributed by atoms with Crippen LogP contribution in [0.4, 0.5) is 11.4 Å². The van der Waals surface area contributed by atoms with Gasteiger partial charge in [-0.3, -0.25) is 4.79 Å². The number of nitriles is 1. The number of anilines is 2. The third-order valence-corrected chi connectivity index (χ3v) is 3.57. The minimum atomic E-state index is -0.239. The van der Waals surface area contributed by atoms with Crippen molar-refractivity contribution < 1.29 is 9.53 Å². The molecular weight excluding hydrogens is 278 g/mol. The lowest BCUT2D eigenvalue weighted by atomic mass is 10.1. The largest absolute Gasteiger partial charge is 0.490 e. The molecule has 1 heterocycles. The van der Waals surface area contributed by atoms with Gasteiger partial charge in [-0.25, -0.2) is 0 Å². The van der Waals surface area contributed by atoms with Gasteiger partial charge in [0.05, 0.1) is 23.9 Å². The summed E-state index contributed by atoms with van der Waals surface area (Å²) in [5.74, 6) is 0.578. The molecule has 1 aliphatic rings. The Bertz CT molecular complexity index is 765. The first kappa shape index (κ1) is 14.0. The van der Waals surface area contributed by atoms with Crippen molar-refractivity contribution in [3.05, 3.63) is 53.6 Å². The first-order valence-corrected chi connectivity index (χ1v) is 6.97. The molecule has 110 valence electrons. The molecule has 0 radical (unpaired) electrons. The number of hydrogen-bond acceptors (Lipinski definition) is 4. The lowest BCUT2D eigenvalue weighted by Gasteiger charge is -2.28. The summed E-state index contributed by atoms with van der Waals surface area (Å²) < 4.78 is 5.58. The van der Waals surface area contributed by atoms with Crippen molar-refractivity contribution in [2.24, 2.45) is 0 Å². The van der Waals surface area contributed by atoms with Gasteiger partial charge in [-0.1, -0.05) is 6.07 Å². The third kappa shape index (κ3) is 2.72. The molecule has 0 atom stereocenters. The average Bonchev–Trinajstić information content (AvgIpc) is 2.55. The smallest absolute Gasteiger partial charge is 0.255 e. The maximum atomic E-state index is 12.3. The lowest BCUT2D eigenvalue weighted by molar-refractivity contribution is 0.102. The van der Waals surface area contributed by atoms with Crippen LogP contribution in [0.5, 0.6) is 5.75 Å². The number of fused-ring (bicyclic) bond motifs is 1. The van der Waals surface area contributed by atoms with Crippen LogP contribution in [0.2, 0.25) is 0 Å². The molecule has 0 aliphatic carbocycles. The summed E-state index contributed by atoms with van der Waals surface area (Å²) in [5.41, 5.74) is 2.57. The Labute approximate surface area is 128 Å². The first-order valence-electron chi connectivity index (χ1n) is 6.97. The van der Waals surface area contributed by atoms with E-state index in [2.05, 4.69) is 10.2 Å². The Kier molecular flexibility index (Phi) is 3.67. The molecule has 5 heteroatoms. The first-order chi connectivity index (χ1) is 10.7. The van der Waals surface area contributed by atoms with E-state index < -0.39 is 0 Å². The van der Waals surface area contributed by atoms with E-state index in [1.165, 1.54) is 0 Å². The fourth-order valence-electron chi connectivity index (χ4n) is 2.36. The molecular formula is C17H15N3O2. The van der Waals surface area contributed by atoms with Crippen LogP contribution in [-0.4, -0.2) is 26.1 Å². The minimum absolute atomic E-state index is 0.239. The number of benzene rings is 2. The van der Waals surface area contributed by atoms with Crippen molar-refractivity contribution in [3.8, 4) is 11.8 Å². The van der Waals surface area contributed by atoms with Crippen molar-refractivity contribution >= 4 is 17.3 Å². The number of nitrogens with zero attached hydrogens (tertiary/aromatic N) is 2. The van der Waals surface area contributed by atoms with E-state index in [0.717, 1.165) is 18.0 Å². The standard InChI is InChI=1S/C17H15N3O2/c1-20-7-8-22-16-6-5-14(10-15(16)20)19-17(21)13-4-2-3-12(9-13)11-18/h2-6,9-10H,7-8H2,1H3,(H,19,21). The zero-order valence-electron chi connectivity index (χ0n) is 12.2. The van der Waals surface area contributed by atoms with E-state index in [0.29, 0.717) is 23.4 Å².